The average molecular weight is 214 g/mol. The van der Waals surface area contributed by atoms with Gasteiger partial charge in [-0.1, -0.05) is 34.6 Å². The SMILES string of the molecule is CCC(NC(=O)C(CN)C(C)C)C(C)C. The molecule has 0 aliphatic heterocycles. The van der Waals surface area contributed by atoms with Gasteiger partial charge in [0.25, 0.3) is 0 Å². The number of amides is 1. The summed E-state index contributed by atoms with van der Waals surface area (Å²) in [4.78, 5) is 11.9. The summed E-state index contributed by atoms with van der Waals surface area (Å²) in [5.74, 6) is 0.829. The molecule has 0 aliphatic carbocycles. The molecule has 15 heavy (non-hydrogen) atoms. The Morgan fingerprint density at radius 1 is 1.20 bits per heavy atom. The van der Waals surface area contributed by atoms with Gasteiger partial charge in [-0.25, -0.2) is 0 Å². The van der Waals surface area contributed by atoms with Crippen LogP contribution in [0.2, 0.25) is 0 Å². The lowest BCUT2D eigenvalue weighted by molar-refractivity contribution is -0.127. The van der Waals surface area contributed by atoms with Crippen LogP contribution in [0.15, 0.2) is 0 Å². The maximum absolute atomic E-state index is 11.9. The summed E-state index contributed by atoms with van der Waals surface area (Å²) in [5, 5.41) is 3.08. The predicted octanol–water partition coefficient (Wildman–Crippen LogP) is 1.77. The van der Waals surface area contributed by atoms with Gasteiger partial charge in [0.1, 0.15) is 0 Å². The molecule has 0 saturated heterocycles. The Bertz CT molecular complexity index is 190. The van der Waals surface area contributed by atoms with Crippen LogP contribution in [0.25, 0.3) is 0 Å². The minimum absolute atomic E-state index is 0.0576. The van der Waals surface area contributed by atoms with Crippen molar-refractivity contribution < 1.29 is 4.79 Å². The van der Waals surface area contributed by atoms with Crippen LogP contribution in [0.4, 0.5) is 0 Å². The molecule has 0 bridgehead atoms. The fourth-order valence-electron chi connectivity index (χ4n) is 1.71. The van der Waals surface area contributed by atoms with Gasteiger partial charge in [-0.2, -0.15) is 0 Å². The predicted molar refractivity (Wildman–Crippen MR) is 64.4 cm³/mol. The minimum Gasteiger partial charge on any atom is -0.353 e. The zero-order valence-corrected chi connectivity index (χ0v) is 10.7. The van der Waals surface area contributed by atoms with Crippen molar-refractivity contribution in [2.45, 2.75) is 47.1 Å². The molecular formula is C12H26N2O. The molecule has 0 heterocycles. The zero-order chi connectivity index (χ0) is 12.0. The molecule has 3 nitrogen and oxygen atoms in total. The molecule has 0 aromatic heterocycles. The molecule has 0 aliphatic rings. The van der Waals surface area contributed by atoms with E-state index < -0.39 is 0 Å². The summed E-state index contributed by atoms with van der Waals surface area (Å²) in [5.41, 5.74) is 5.61. The van der Waals surface area contributed by atoms with Gasteiger partial charge in [0.05, 0.1) is 5.92 Å². The first kappa shape index (κ1) is 14.4. The number of hydrogen-bond donors (Lipinski definition) is 2. The number of carbonyl (C=O) groups is 1. The third kappa shape index (κ3) is 4.65. The molecule has 0 saturated carbocycles. The van der Waals surface area contributed by atoms with E-state index in [9.17, 15) is 4.79 Å². The normalized spacial score (nSPS) is 15.5. The number of rotatable bonds is 6. The molecule has 0 radical (unpaired) electrons. The van der Waals surface area contributed by atoms with E-state index in [0.29, 0.717) is 18.4 Å². The van der Waals surface area contributed by atoms with Gasteiger partial charge in [-0.3, -0.25) is 4.79 Å². The Morgan fingerprint density at radius 2 is 1.73 bits per heavy atom. The van der Waals surface area contributed by atoms with Crippen molar-refractivity contribution in [1.82, 2.24) is 5.32 Å². The van der Waals surface area contributed by atoms with Crippen molar-refractivity contribution >= 4 is 5.91 Å². The second-order valence-corrected chi connectivity index (χ2v) is 4.85. The van der Waals surface area contributed by atoms with Crippen LogP contribution in [-0.2, 0) is 4.79 Å². The van der Waals surface area contributed by atoms with Crippen molar-refractivity contribution in [1.29, 1.82) is 0 Å². The lowest BCUT2D eigenvalue weighted by atomic mass is 9.93. The summed E-state index contributed by atoms with van der Waals surface area (Å²) in [6, 6.07) is 0.269. The van der Waals surface area contributed by atoms with Gasteiger partial charge < -0.3 is 11.1 Å². The Kier molecular flexibility index (Phi) is 6.57. The van der Waals surface area contributed by atoms with Crippen LogP contribution < -0.4 is 11.1 Å². The summed E-state index contributed by atoms with van der Waals surface area (Å²) in [7, 11) is 0. The van der Waals surface area contributed by atoms with Crippen molar-refractivity contribution in [2.75, 3.05) is 6.54 Å². The quantitative estimate of drug-likeness (QED) is 0.708. The van der Waals surface area contributed by atoms with E-state index in [1.165, 1.54) is 0 Å². The summed E-state index contributed by atoms with van der Waals surface area (Å²) < 4.78 is 0. The molecule has 0 aromatic carbocycles. The number of nitrogens with two attached hydrogens (primary N) is 1. The number of carbonyl (C=O) groups excluding carboxylic acids is 1. The molecule has 0 aromatic rings. The van der Waals surface area contributed by atoms with Crippen LogP contribution in [-0.4, -0.2) is 18.5 Å². The van der Waals surface area contributed by atoms with Crippen LogP contribution in [0.5, 0.6) is 0 Å². The molecular weight excluding hydrogens is 188 g/mol. The van der Waals surface area contributed by atoms with Crippen molar-refractivity contribution in [3.8, 4) is 0 Å². The second-order valence-electron chi connectivity index (χ2n) is 4.85. The first-order valence-corrected chi connectivity index (χ1v) is 5.94. The molecule has 3 N–H and O–H groups in total. The highest BCUT2D eigenvalue weighted by molar-refractivity contribution is 5.79. The average Bonchev–Trinajstić information content (AvgIpc) is 2.14. The fraction of sp³-hybridized carbons (Fsp3) is 0.917. The van der Waals surface area contributed by atoms with Crippen LogP contribution in [0.1, 0.15) is 41.0 Å². The summed E-state index contributed by atoms with van der Waals surface area (Å²) >= 11 is 0. The van der Waals surface area contributed by atoms with E-state index in [0.717, 1.165) is 6.42 Å². The number of hydrogen-bond acceptors (Lipinski definition) is 2. The van der Waals surface area contributed by atoms with Crippen LogP contribution >= 0.6 is 0 Å². The highest BCUT2D eigenvalue weighted by atomic mass is 16.2. The van der Waals surface area contributed by atoms with Crippen LogP contribution in [0, 0.1) is 17.8 Å². The zero-order valence-electron chi connectivity index (χ0n) is 10.7. The highest BCUT2D eigenvalue weighted by Gasteiger charge is 2.23. The molecule has 0 spiro atoms. The van der Waals surface area contributed by atoms with Crippen molar-refractivity contribution in [3.63, 3.8) is 0 Å². The van der Waals surface area contributed by atoms with E-state index >= 15 is 0 Å². The maximum Gasteiger partial charge on any atom is 0.224 e. The summed E-state index contributed by atoms with van der Waals surface area (Å²) in [6.45, 7) is 10.8. The van der Waals surface area contributed by atoms with Gasteiger partial charge in [-0.15, -0.1) is 0 Å². The van der Waals surface area contributed by atoms with Gasteiger partial charge in [-0.05, 0) is 18.3 Å². The third-order valence-electron chi connectivity index (χ3n) is 2.97. The van der Waals surface area contributed by atoms with Crippen LogP contribution in [0.3, 0.4) is 0 Å². The second kappa shape index (κ2) is 6.83. The summed E-state index contributed by atoms with van der Waals surface area (Å²) in [6.07, 6.45) is 0.971. The monoisotopic (exact) mass is 214 g/mol. The highest BCUT2D eigenvalue weighted by Crippen LogP contribution is 2.12. The molecule has 2 atom stereocenters. The first-order valence-electron chi connectivity index (χ1n) is 5.94. The minimum atomic E-state index is -0.0576. The van der Waals surface area contributed by atoms with E-state index in [1.807, 2.05) is 13.8 Å². The largest absolute Gasteiger partial charge is 0.353 e. The maximum atomic E-state index is 11.9. The molecule has 2 unspecified atom stereocenters. The smallest absolute Gasteiger partial charge is 0.224 e. The Balaban J connectivity index is 4.31. The lowest BCUT2D eigenvalue weighted by Crippen LogP contribution is -2.44. The molecule has 3 heteroatoms. The molecule has 0 fully saturated rings. The van der Waals surface area contributed by atoms with E-state index in [-0.39, 0.29) is 17.9 Å². The number of nitrogens with one attached hydrogen (secondary N) is 1. The fourth-order valence-corrected chi connectivity index (χ4v) is 1.71. The lowest BCUT2D eigenvalue weighted by Gasteiger charge is -2.25. The van der Waals surface area contributed by atoms with Crippen molar-refractivity contribution in [2.24, 2.45) is 23.5 Å². The first-order chi connectivity index (χ1) is 6.93. The topological polar surface area (TPSA) is 55.1 Å². The Morgan fingerprint density at radius 3 is 2.00 bits per heavy atom. The van der Waals surface area contributed by atoms with Gasteiger partial charge in [0.2, 0.25) is 5.91 Å². The van der Waals surface area contributed by atoms with E-state index in [2.05, 4.69) is 26.1 Å². The van der Waals surface area contributed by atoms with Gasteiger partial charge >= 0.3 is 0 Å². The third-order valence-corrected chi connectivity index (χ3v) is 2.97. The van der Waals surface area contributed by atoms with Gasteiger partial charge in [0.15, 0.2) is 0 Å². The Labute approximate surface area is 93.8 Å². The standard InChI is InChI=1S/C12H26N2O/c1-6-11(9(4)5)14-12(15)10(7-13)8(2)3/h8-11H,6-7,13H2,1-5H3,(H,14,15). The molecule has 90 valence electrons. The van der Waals surface area contributed by atoms with E-state index in [1.54, 1.807) is 0 Å². The van der Waals surface area contributed by atoms with Crippen molar-refractivity contribution in [3.05, 3.63) is 0 Å². The molecule has 1 amide bonds. The molecule has 0 rings (SSSR count). The Hall–Kier alpha value is -0.570. The van der Waals surface area contributed by atoms with Gasteiger partial charge in [0, 0.05) is 12.6 Å². The van der Waals surface area contributed by atoms with E-state index in [4.69, 9.17) is 5.73 Å².